The number of nitrogens with one attached hydrogen (secondary N) is 1. The van der Waals surface area contributed by atoms with Crippen LogP contribution < -0.4 is 5.32 Å². The standard InChI is InChI=1S/C16H14N2O3S/c1-10-5-6-11-8-15(22-14(11)7-10)16(19)17-12-3-2-4-13(9-12)18(20)21/h2-7,9,15H,8H2,1H3,(H,17,19). The number of carbonyl (C=O) groups is 1. The molecule has 1 aliphatic heterocycles. The van der Waals surface area contributed by atoms with Gasteiger partial charge in [-0.2, -0.15) is 0 Å². The number of thioether (sulfide) groups is 1. The molecule has 112 valence electrons. The fourth-order valence-electron chi connectivity index (χ4n) is 2.40. The Bertz CT molecular complexity index is 761. The van der Waals surface area contributed by atoms with E-state index in [1.165, 1.54) is 23.3 Å². The number of hydrogen-bond donors (Lipinski definition) is 1. The molecule has 2 aromatic carbocycles. The van der Waals surface area contributed by atoms with Crippen molar-refractivity contribution in [2.24, 2.45) is 0 Å². The highest BCUT2D eigenvalue weighted by Gasteiger charge is 2.28. The maximum absolute atomic E-state index is 12.3. The monoisotopic (exact) mass is 314 g/mol. The SMILES string of the molecule is Cc1ccc2c(c1)SC(C(=O)Nc1cccc([N+](=O)[O-])c1)C2. The molecule has 0 fully saturated rings. The highest BCUT2D eigenvalue weighted by atomic mass is 32.2. The fraction of sp³-hybridized carbons (Fsp3) is 0.188. The smallest absolute Gasteiger partial charge is 0.271 e. The van der Waals surface area contributed by atoms with Gasteiger partial charge in [-0.05, 0) is 31.0 Å². The minimum absolute atomic E-state index is 0.0317. The summed E-state index contributed by atoms with van der Waals surface area (Å²) >= 11 is 1.54. The zero-order valence-electron chi connectivity index (χ0n) is 11.9. The van der Waals surface area contributed by atoms with Crippen LogP contribution >= 0.6 is 11.8 Å². The number of benzene rings is 2. The summed E-state index contributed by atoms with van der Waals surface area (Å²) in [5.41, 5.74) is 2.77. The Morgan fingerprint density at radius 3 is 2.91 bits per heavy atom. The predicted octanol–water partition coefficient (Wildman–Crippen LogP) is 3.56. The molecule has 0 aliphatic carbocycles. The number of fused-ring (bicyclic) bond motifs is 1. The van der Waals surface area contributed by atoms with Gasteiger partial charge in [0.05, 0.1) is 10.2 Å². The number of amides is 1. The molecular weight excluding hydrogens is 300 g/mol. The van der Waals surface area contributed by atoms with Crippen molar-refractivity contribution in [3.63, 3.8) is 0 Å². The molecule has 3 rings (SSSR count). The van der Waals surface area contributed by atoms with Crippen molar-refractivity contribution >= 4 is 29.0 Å². The summed E-state index contributed by atoms with van der Waals surface area (Å²) in [6.07, 6.45) is 0.682. The van der Waals surface area contributed by atoms with Gasteiger partial charge in [0.1, 0.15) is 0 Å². The second-order valence-corrected chi connectivity index (χ2v) is 6.46. The average Bonchev–Trinajstić information content (AvgIpc) is 2.90. The third-order valence-electron chi connectivity index (χ3n) is 3.51. The Morgan fingerprint density at radius 1 is 1.32 bits per heavy atom. The quantitative estimate of drug-likeness (QED) is 0.694. The largest absolute Gasteiger partial charge is 0.325 e. The van der Waals surface area contributed by atoms with Gasteiger partial charge in [-0.1, -0.05) is 23.8 Å². The molecule has 0 bridgehead atoms. The number of aryl methyl sites for hydroxylation is 1. The van der Waals surface area contributed by atoms with E-state index >= 15 is 0 Å². The second kappa shape index (κ2) is 5.81. The molecule has 0 saturated heterocycles. The molecule has 0 spiro atoms. The zero-order chi connectivity index (χ0) is 15.7. The van der Waals surface area contributed by atoms with E-state index in [9.17, 15) is 14.9 Å². The summed E-state index contributed by atoms with van der Waals surface area (Å²) < 4.78 is 0. The van der Waals surface area contributed by atoms with Gasteiger partial charge in [-0.15, -0.1) is 11.8 Å². The number of carbonyl (C=O) groups excluding carboxylic acids is 1. The summed E-state index contributed by atoms with van der Waals surface area (Å²) in [4.78, 5) is 23.8. The van der Waals surface area contributed by atoms with E-state index in [1.807, 2.05) is 13.0 Å². The fourth-order valence-corrected chi connectivity index (χ4v) is 3.69. The first kappa shape index (κ1) is 14.6. The van der Waals surface area contributed by atoms with Crippen LogP contribution in [0, 0.1) is 17.0 Å². The minimum Gasteiger partial charge on any atom is -0.325 e. The van der Waals surface area contributed by atoms with E-state index in [0.29, 0.717) is 12.1 Å². The molecule has 0 aromatic heterocycles. The van der Waals surface area contributed by atoms with Gasteiger partial charge in [0.15, 0.2) is 0 Å². The Morgan fingerprint density at radius 2 is 2.14 bits per heavy atom. The first-order valence-electron chi connectivity index (χ1n) is 6.84. The lowest BCUT2D eigenvalue weighted by Crippen LogP contribution is -2.24. The maximum Gasteiger partial charge on any atom is 0.271 e. The molecule has 5 nitrogen and oxygen atoms in total. The van der Waals surface area contributed by atoms with Gasteiger partial charge in [0.2, 0.25) is 5.91 Å². The Balaban J connectivity index is 1.71. The molecule has 0 radical (unpaired) electrons. The Hall–Kier alpha value is -2.34. The van der Waals surface area contributed by atoms with Crippen molar-refractivity contribution in [1.82, 2.24) is 0 Å². The van der Waals surface area contributed by atoms with E-state index in [1.54, 1.807) is 23.9 Å². The van der Waals surface area contributed by atoms with Crippen molar-refractivity contribution in [1.29, 1.82) is 0 Å². The lowest BCUT2D eigenvalue weighted by atomic mass is 10.1. The molecule has 1 N–H and O–H groups in total. The van der Waals surface area contributed by atoms with Crippen LogP contribution in [0.15, 0.2) is 47.4 Å². The van der Waals surface area contributed by atoms with E-state index in [0.717, 1.165) is 4.90 Å². The van der Waals surface area contributed by atoms with Crippen LogP contribution in [0.2, 0.25) is 0 Å². The lowest BCUT2D eigenvalue weighted by molar-refractivity contribution is -0.384. The maximum atomic E-state index is 12.3. The van der Waals surface area contributed by atoms with Crippen molar-refractivity contribution in [3.8, 4) is 0 Å². The first-order valence-corrected chi connectivity index (χ1v) is 7.72. The van der Waals surface area contributed by atoms with E-state index in [-0.39, 0.29) is 16.8 Å². The first-order chi connectivity index (χ1) is 10.5. The molecule has 1 amide bonds. The second-order valence-electron chi connectivity index (χ2n) is 5.22. The Labute approximate surface area is 131 Å². The third-order valence-corrected chi connectivity index (χ3v) is 4.81. The van der Waals surface area contributed by atoms with Gasteiger partial charge < -0.3 is 5.32 Å². The summed E-state index contributed by atoms with van der Waals surface area (Å²) in [6, 6.07) is 12.2. The van der Waals surface area contributed by atoms with Crippen LogP contribution in [-0.2, 0) is 11.2 Å². The lowest BCUT2D eigenvalue weighted by Gasteiger charge is -2.09. The molecule has 1 atom stereocenters. The summed E-state index contributed by atoms with van der Waals surface area (Å²) in [6.45, 7) is 2.03. The van der Waals surface area contributed by atoms with Crippen LogP contribution in [-0.4, -0.2) is 16.1 Å². The molecule has 1 aliphatic rings. The van der Waals surface area contributed by atoms with Crippen molar-refractivity contribution in [2.75, 3.05) is 5.32 Å². The molecule has 1 unspecified atom stereocenters. The average molecular weight is 314 g/mol. The van der Waals surface area contributed by atoms with Crippen LogP contribution in [0.5, 0.6) is 0 Å². The van der Waals surface area contributed by atoms with Crippen LogP contribution in [0.3, 0.4) is 0 Å². The van der Waals surface area contributed by atoms with Gasteiger partial charge in [-0.25, -0.2) is 0 Å². The van der Waals surface area contributed by atoms with Crippen molar-refractivity contribution in [2.45, 2.75) is 23.5 Å². The number of rotatable bonds is 3. The van der Waals surface area contributed by atoms with Crippen molar-refractivity contribution < 1.29 is 9.72 Å². The normalized spacial score (nSPS) is 16.1. The number of non-ortho nitro benzene ring substituents is 1. The van der Waals surface area contributed by atoms with Gasteiger partial charge in [-0.3, -0.25) is 14.9 Å². The molecule has 22 heavy (non-hydrogen) atoms. The molecule has 1 heterocycles. The highest BCUT2D eigenvalue weighted by Crippen LogP contribution is 2.38. The number of nitrogens with zero attached hydrogens (tertiary/aromatic N) is 1. The number of nitro groups is 1. The third kappa shape index (κ3) is 2.96. The number of hydrogen-bond acceptors (Lipinski definition) is 4. The number of nitro benzene ring substituents is 1. The van der Waals surface area contributed by atoms with E-state index < -0.39 is 4.92 Å². The molecular formula is C16H14N2O3S. The van der Waals surface area contributed by atoms with Crippen molar-refractivity contribution in [3.05, 3.63) is 63.7 Å². The summed E-state index contributed by atoms with van der Waals surface area (Å²) in [5.74, 6) is -0.126. The summed E-state index contributed by atoms with van der Waals surface area (Å²) in [7, 11) is 0. The van der Waals surface area contributed by atoms with Crippen LogP contribution in [0.4, 0.5) is 11.4 Å². The highest BCUT2D eigenvalue weighted by molar-refractivity contribution is 8.01. The van der Waals surface area contributed by atoms with Gasteiger partial charge >= 0.3 is 0 Å². The predicted molar refractivity (Wildman–Crippen MR) is 86.3 cm³/mol. The van der Waals surface area contributed by atoms with Crippen LogP contribution in [0.25, 0.3) is 0 Å². The minimum atomic E-state index is -0.474. The molecule has 2 aromatic rings. The summed E-state index contributed by atoms with van der Waals surface area (Å²) in [5, 5.41) is 13.3. The van der Waals surface area contributed by atoms with Gasteiger partial charge in [0, 0.05) is 22.7 Å². The zero-order valence-corrected chi connectivity index (χ0v) is 12.7. The topological polar surface area (TPSA) is 72.2 Å². The van der Waals surface area contributed by atoms with Gasteiger partial charge in [0.25, 0.3) is 5.69 Å². The van der Waals surface area contributed by atoms with E-state index in [4.69, 9.17) is 0 Å². The Kier molecular flexibility index (Phi) is 3.85. The number of anilines is 1. The molecule has 6 heteroatoms. The van der Waals surface area contributed by atoms with Crippen LogP contribution in [0.1, 0.15) is 11.1 Å². The van der Waals surface area contributed by atoms with E-state index in [2.05, 4.69) is 17.4 Å². The molecule has 0 saturated carbocycles.